The van der Waals surface area contributed by atoms with E-state index in [2.05, 4.69) is 8.75 Å². The van der Waals surface area contributed by atoms with Crippen LogP contribution in [0.3, 0.4) is 0 Å². The third-order valence-electron chi connectivity index (χ3n) is 1.53. The van der Waals surface area contributed by atoms with E-state index in [9.17, 15) is 0 Å². The maximum absolute atomic E-state index is 5.87. The molecular weight excluding hydrogens is 196 g/mol. The van der Waals surface area contributed by atoms with Crippen LogP contribution in [0, 0.1) is 0 Å². The van der Waals surface area contributed by atoms with Crippen LogP contribution >= 0.6 is 23.3 Å². The number of halogens is 1. The van der Waals surface area contributed by atoms with Gasteiger partial charge in [-0.3, -0.25) is 0 Å². The minimum absolute atomic E-state index is 0.567. The van der Waals surface area contributed by atoms with Crippen molar-refractivity contribution in [3.8, 4) is 5.75 Å². The van der Waals surface area contributed by atoms with Gasteiger partial charge < -0.3 is 4.74 Å². The second-order valence-electron chi connectivity index (χ2n) is 2.24. The van der Waals surface area contributed by atoms with Gasteiger partial charge in [-0.2, -0.15) is 8.75 Å². The molecule has 0 aliphatic rings. The summed E-state index contributed by atoms with van der Waals surface area (Å²) in [6.45, 7) is 0. The molecule has 0 saturated carbocycles. The van der Waals surface area contributed by atoms with Crippen LogP contribution in [0.25, 0.3) is 11.0 Å². The molecule has 0 aliphatic heterocycles. The number of aromatic nitrogens is 2. The molecule has 0 atom stereocenters. The van der Waals surface area contributed by atoms with Crippen molar-refractivity contribution in [2.24, 2.45) is 0 Å². The van der Waals surface area contributed by atoms with E-state index in [1.807, 2.05) is 0 Å². The first-order chi connectivity index (χ1) is 5.81. The van der Waals surface area contributed by atoms with Gasteiger partial charge in [-0.05, 0) is 6.07 Å². The van der Waals surface area contributed by atoms with Gasteiger partial charge >= 0.3 is 0 Å². The predicted octanol–water partition coefficient (Wildman–Crippen LogP) is 2.35. The molecule has 5 heteroatoms. The smallest absolute Gasteiger partial charge is 0.139 e. The zero-order chi connectivity index (χ0) is 8.55. The van der Waals surface area contributed by atoms with Crippen LogP contribution in [0.15, 0.2) is 12.1 Å². The second kappa shape index (κ2) is 2.88. The topological polar surface area (TPSA) is 35.0 Å². The first-order valence-electron chi connectivity index (χ1n) is 3.27. The van der Waals surface area contributed by atoms with Crippen LogP contribution in [0.5, 0.6) is 5.75 Å². The zero-order valence-corrected chi connectivity index (χ0v) is 7.82. The quantitative estimate of drug-likeness (QED) is 0.709. The Balaban J connectivity index is 2.73. The van der Waals surface area contributed by atoms with Gasteiger partial charge in [0.1, 0.15) is 16.8 Å². The van der Waals surface area contributed by atoms with Gasteiger partial charge in [-0.1, -0.05) is 11.6 Å². The third-order valence-corrected chi connectivity index (χ3v) is 2.38. The molecule has 0 spiro atoms. The number of benzene rings is 1. The predicted molar refractivity (Wildman–Crippen MR) is 49.0 cm³/mol. The van der Waals surface area contributed by atoms with Crippen LogP contribution in [0.2, 0.25) is 5.02 Å². The van der Waals surface area contributed by atoms with Crippen molar-refractivity contribution in [3.63, 3.8) is 0 Å². The monoisotopic (exact) mass is 200 g/mol. The van der Waals surface area contributed by atoms with Crippen molar-refractivity contribution in [2.45, 2.75) is 0 Å². The first kappa shape index (κ1) is 7.76. The lowest BCUT2D eigenvalue weighted by atomic mass is 10.3. The van der Waals surface area contributed by atoms with Crippen LogP contribution in [-0.2, 0) is 0 Å². The maximum Gasteiger partial charge on any atom is 0.139 e. The minimum atomic E-state index is 0.567. The minimum Gasteiger partial charge on any atom is -0.495 e. The molecule has 0 radical (unpaired) electrons. The Labute approximate surface area is 78.3 Å². The van der Waals surface area contributed by atoms with E-state index in [-0.39, 0.29) is 0 Å². The Hall–Kier alpha value is -0.870. The molecule has 0 fully saturated rings. The van der Waals surface area contributed by atoms with Crippen molar-refractivity contribution >= 4 is 34.4 Å². The number of methoxy groups -OCH3 is 1. The fourth-order valence-corrected chi connectivity index (χ4v) is 1.69. The lowest BCUT2D eigenvalue weighted by Gasteiger charge is -2.00. The van der Waals surface area contributed by atoms with Crippen LogP contribution in [0.1, 0.15) is 0 Å². The van der Waals surface area contributed by atoms with Crippen molar-refractivity contribution in [1.29, 1.82) is 0 Å². The number of nitrogens with zero attached hydrogens (tertiary/aromatic N) is 2. The summed E-state index contributed by atoms with van der Waals surface area (Å²) in [5, 5.41) is 0.567. The van der Waals surface area contributed by atoms with E-state index in [1.54, 1.807) is 19.2 Å². The van der Waals surface area contributed by atoms with E-state index in [0.29, 0.717) is 10.8 Å². The van der Waals surface area contributed by atoms with Crippen LogP contribution in [0.4, 0.5) is 0 Å². The first-order valence-corrected chi connectivity index (χ1v) is 4.38. The average molecular weight is 201 g/mol. The van der Waals surface area contributed by atoms with Crippen molar-refractivity contribution in [2.75, 3.05) is 7.11 Å². The second-order valence-corrected chi connectivity index (χ2v) is 3.18. The lowest BCUT2D eigenvalue weighted by Crippen LogP contribution is -1.83. The Morgan fingerprint density at radius 2 is 2.00 bits per heavy atom. The molecule has 1 aromatic carbocycles. The number of ether oxygens (including phenoxy) is 1. The molecule has 0 unspecified atom stereocenters. The van der Waals surface area contributed by atoms with Gasteiger partial charge in [0.05, 0.1) is 23.9 Å². The fourth-order valence-electron chi connectivity index (χ4n) is 0.943. The molecule has 0 bridgehead atoms. The zero-order valence-electron chi connectivity index (χ0n) is 6.24. The average Bonchev–Trinajstić information content (AvgIpc) is 2.49. The van der Waals surface area contributed by atoms with Crippen molar-refractivity contribution in [1.82, 2.24) is 8.75 Å². The highest BCUT2D eigenvalue weighted by atomic mass is 35.5. The van der Waals surface area contributed by atoms with Gasteiger partial charge in [0.25, 0.3) is 0 Å². The standard InChI is InChI=1S/C7H5ClN2OS/c1-11-7-3-6-5(2-4(7)8)9-12-10-6/h2-3H,1H3. The molecular formula is C7H5ClN2OS. The largest absolute Gasteiger partial charge is 0.495 e. The summed E-state index contributed by atoms with van der Waals surface area (Å²) in [6, 6.07) is 3.53. The SMILES string of the molecule is COc1cc2nsnc2cc1Cl. The van der Waals surface area contributed by atoms with Gasteiger partial charge in [0.15, 0.2) is 0 Å². The molecule has 12 heavy (non-hydrogen) atoms. The lowest BCUT2D eigenvalue weighted by molar-refractivity contribution is 0.415. The van der Waals surface area contributed by atoms with Crippen molar-refractivity contribution in [3.05, 3.63) is 17.2 Å². The van der Waals surface area contributed by atoms with E-state index >= 15 is 0 Å². The Morgan fingerprint density at radius 3 is 2.67 bits per heavy atom. The molecule has 1 heterocycles. The summed E-state index contributed by atoms with van der Waals surface area (Å²) >= 11 is 7.04. The summed E-state index contributed by atoms with van der Waals surface area (Å²) in [5.74, 6) is 0.636. The van der Waals surface area contributed by atoms with Gasteiger partial charge in [0, 0.05) is 6.07 Å². The maximum atomic E-state index is 5.87. The van der Waals surface area contributed by atoms with Crippen LogP contribution in [-0.4, -0.2) is 15.9 Å². The van der Waals surface area contributed by atoms with E-state index < -0.39 is 0 Å². The molecule has 0 aliphatic carbocycles. The number of hydrogen-bond acceptors (Lipinski definition) is 4. The highest BCUT2D eigenvalue weighted by molar-refractivity contribution is 7.00. The van der Waals surface area contributed by atoms with E-state index in [1.165, 1.54) is 11.7 Å². The highest BCUT2D eigenvalue weighted by Gasteiger charge is 2.05. The van der Waals surface area contributed by atoms with Gasteiger partial charge in [-0.15, -0.1) is 0 Å². The molecule has 1 aromatic heterocycles. The van der Waals surface area contributed by atoms with Gasteiger partial charge in [-0.25, -0.2) is 0 Å². The molecule has 62 valence electrons. The number of hydrogen-bond donors (Lipinski definition) is 0. The van der Waals surface area contributed by atoms with E-state index in [0.717, 1.165) is 11.0 Å². The molecule has 0 N–H and O–H groups in total. The normalized spacial score (nSPS) is 10.5. The molecule has 2 aromatic rings. The highest BCUT2D eigenvalue weighted by Crippen LogP contribution is 2.28. The van der Waals surface area contributed by atoms with Crippen molar-refractivity contribution < 1.29 is 4.74 Å². The van der Waals surface area contributed by atoms with Gasteiger partial charge in [0.2, 0.25) is 0 Å². The third kappa shape index (κ3) is 1.13. The summed E-state index contributed by atoms with van der Waals surface area (Å²) < 4.78 is 13.1. The summed E-state index contributed by atoms with van der Waals surface area (Å²) in [7, 11) is 1.58. The number of rotatable bonds is 1. The summed E-state index contributed by atoms with van der Waals surface area (Å²) in [4.78, 5) is 0. The summed E-state index contributed by atoms with van der Waals surface area (Å²) in [6.07, 6.45) is 0. The van der Waals surface area contributed by atoms with E-state index in [4.69, 9.17) is 16.3 Å². The molecule has 0 amide bonds. The molecule has 0 saturated heterocycles. The molecule has 3 nitrogen and oxygen atoms in total. The number of fused-ring (bicyclic) bond motifs is 1. The summed E-state index contributed by atoms with van der Waals surface area (Å²) in [5.41, 5.74) is 1.63. The fraction of sp³-hybridized carbons (Fsp3) is 0.143. The Morgan fingerprint density at radius 1 is 1.33 bits per heavy atom. The van der Waals surface area contributed by atoms with Crippen LogP contribution < -0.4 is 4.74 Å². The Kier molecular flexibility index (Phi) is 1.86. The molecule has 2 rings (SSSR count). The Bertz CT molecular complexity index is 415.